The highest BCUT2D eigenvalue weighted by Crippen LogP contribution is 2.33. The lowest BCUT2D eigenvalue weighted by molar-refractivity contribution is 0.553. The molecule has 33 heavy (non-hydrogen) atoms. The summed E-state index contributed by atoms with van der Waals surface area (Å²) in [5.41, 5.74) is 5.84. The summed E-state index contributed by atoms with van der Waals surface area (Å²) in [6.07, 6.45) is 3.61. The van der Waals surface area contributed by atoms with Crippen molar-refractivity contribution in [3.63, 3.8) is 0 Å². The van der Waals surface area contributed by atoms with Crippen LogP contribution in [0.4, 0.5) is 0 Å². The van der Waals surface area contributed by atoms with Crippen LogP contribution >= 0.6 is 0 Å². The Hall–Kier alpha value is -2.66. The number of nitrogens with zero attached hydrogens (tertiary/aromatic N) is 2. The van der Waals surface area contributed by atoms with Gasteiger partial charge >= 0.3 is 6.98 Å². The fraction of sp³-hybridized carbons (Fsp3) is 0.241. The Labute approximate surface area is 200 Å². The van der Waals surface area contributed by atoms with E-state index in [2.05, 4.69) is 126 Å². The average molecular weight is 448 g/mol. The van der Waals surface area contributed by atoms with E-state index in [-0.39, 0.29) is 0 Å². The molecule has 0 bridgehead atoms. The molecule has 2 aliphatic rings. The minimum absolute atomic E-state index is 0.405. The van der Waals surface area contributed by atoms with Gasteiger partial charge < -0.3 is 9.62 Å². The maximum Gasteiger partial charge on any atom is 0.338 e. The number of benzene rings is 3. The van der Waals surface area contributed by atoms with Crippen molar-refractivity contribution >= 4 is 30.6 Å². The number of hydrogen-bond acceptors (Lipinski definition) is 2. The van der Waals surface area contributed by atoms with Crippen molar-refractivity contribution in [1.29, 1.82) is 0 Å². The van der Waals surface area contributed by atoms with Crippen LogP contribution in [0.1, 0.15) is 19.3 Å². The fourth-order valence-electron chi connectivity index (χ4n) is 5.61. The third-order valence-corrected chi connectivity index (χ3v) is 12.0. The molecule has 5 rings (SSSR count). The molecule has 2 fully saturated rings. The largest absolute Gasteiger partial charge is 0.338 e. The van der Waals surface area contributed by atoms with E-state index in [0.29, 0.717) is 6.98 Å². The SMILES string of the molecule is CN1CCN(C)B1C=C1CCCC1=C[Si](c1ccccc1)(c1ccccc1)c1ccccc1. The highest BCUT2D eigenvalue weighted by Gasteiger charge is 2.39. The van der Waals surface area contributed by atoms with Crippen LogP contribution in [0.25, 0.3) is 0 Å². The van der Waals surface area contributed by atoms with E-state index in [1.54, 1.807) is 11.1 Å². The molecule has 0 amide bonds. The Kier molecular flexibility index (Phi) is 6.50. The normalized spacial score (nSPS) is 20.2. The summed E-state index contributed by atoms with van der Waals surface area (Å²) < 4.78 is 0. The summed E-state index contributed by atoms with van der Waals surface area (Å²) >= 11 is 0. The van der Waals surface area contributed by atoms with Gasteiger partial charge in [-0.05, 0) is 48.9 Å². The van der Waals surface area contributed by atoms with Crippen LogP contribution in [0.2, 0.25) is 0 Å². The molecule has 2 nitrogen and oxygen atoms in total. The van der Waals surface area contributed by atoms with Crippen molar-refractivity contribution in [1.82, 2.24) is 9.62 Å². The molecule has 0 aromatic heterocycles. The first kappa shape index (κ1) is 22.1. The lowest BCUT2D eigenvalue weighted by Crippen LogP contribution is -2.66. The lowest BCUT2D eigenvalue weighted by atomic mass is 9.72. The summed E-state index contributed by atoms with van der Waals surface area (Å²) in [5, 5.41) is 4.36. The Bertz CT molecular complexity index is 1020. The molecular formula is C29H33BN2Si. The molecule has 1 aliphatic heterocycles. The van der Waals surface area contributed by atoms with E-state index in [0.717, 1.165) is 13.1 Å². The zero-order valence-electron chi connectivity index (χ0n) is 19.8. The van der Waals surface area contributed by atoms with Gasteiger partial charge in [-0.25, -0.2) is 0 Å². The maximum atomic E-state index is 2.72. The Morgan fingerprint density at radius 3 is 1.52 bits per heavy atom. The predicted molar refractivity (Wildman–Crippen MR) is 145 cm³/mol. The molecule has 166 valence electrons. The first-order chi connectivity index (χ1) is 16.2. The van der Waals surface area contributed by atoms with Crippen molar-refractivity contribution in [3.8, 4) is 0 Å². The molecule has 0 spiro atoms. The summed E-state index contributed by atoms with van der Waals surface area (Å²) in [6, 6.07) is 33.7. The van der Waals surface area contributed by atoms with Gasteiger partial charge in [0.15, 0.2) is 8.07 Å². The number of hydrogen-bond donors (Lipinski definition) is 0. The molecule has 1 heterocycles. The van der Waals surface area contributed by atoms with Crippen LogP contribution < -0.4 is 15.6 Å². The lowest BCUT2D eigenvalue weighted by Gasteiger charge is -2.32. The van der Waals surface area contributed by atoms with Gasteiger partial charge in [0.1, 0.15) is 0 Å². The van der Waals surface area contributed by atoms with Crippen LogP contribution in [-0.4, -0.2) is 51.9 Å². The second-order valence-electron chi connectivity index (χ2n) is 9.50. The van der Waals surface area contributed by atoms with Gasteiger partial charge in [0, 0.05) is 13.1 Å². The van der Waals surface area contributed by atoms with Crippen molar-refractivity contribution < 1.29 is 0 Å². The van der Waals surface area contributed by atoms with Gasteiger partial charge in [0.05, 0.1) is 0 Å². The number of rotatable bonds is 5. The van der Waals surface area contributed by atoms with Gasteiger partial charge in [-0.1, -0.05) is 114 Å². The van der Waals surface area contributed by atoms with E-state index in [1.807, 2.05) is 0 Å². The first-order valence-electron chi connectivity index (χ1n) is 12.2. The predicted octanol–water partition coefficient (Wildman–Crippen LogP) is 3.64. The Morgan fingerprint density at radius 1 is 0.636 bits per heavy atom. The molecule has 0 N–H and O–H groups in total. The Balaban J connectivity index is 1.72. The second kappa shape index (κ2) is 9.68. The molecule has 0 unspecified atom stereocenters. The fourth-order valence-corrected chi connectivity index (χ4v) is 10.1. The quantitative estimate of drug-likeness (QED) is 0.435. The summed E-state index contributed by atoms with van der Waals surface area (Å²) in [6.45, 7) is 2.68. The molecule has 4 heteroatoms. The van der Waals surface area contributed by atoms with Crippen LogP contribution in [-0.2, 0) is 0 Å². The molecule has 1 saturated carbocycles. The molecule has 1 aliphatic carbocycles. The summed E-state index contributed by atoms with van der Waals surface area (Å²) in [5.74, 6) is 2.55. The molecule has 0 atom stereocenters. The topological polar surface area (TPSA) is 6.48 Å². The van der Waals surface area contributed by atoms with Gasteiger partial charge in [0.25, 0.3) is 0 Å². The highest BCUT2D eigenvalue weighted by atomic mass is 28.3. The maximum absolute atomic E-state index is 2.72. The summed E-state index contributed by atoms with van der Waals surface area (Å²) in [4.78, 5) is 4.94. The standard InChI is InChI=1S/C29H33BN2Si/c1-31-21-22-32(2)30(31)23-25-13-12-14-26(25)24-33(27-15-6-3-7-16-27,28-17-8-4-9-18-28)29-19-10-5-11-20-29/h3-11,15-20,23-24H,12-14,21-22H2,1-2H3. The smallest absolute Gasteiger partial charge is 0.326 e. The average Bonchev–Trinajstić information content (AvgIpc) is 3.45. The van der Waals surface area contributed by atoms with Gasteiger partial charge in [-0.2, -0.15) is 0 Å². The molecular weight excluding hydrogens is 415 g/mol. The van der Waals surface area contributed by atoms with Crippen molar-refractivity contribution in [2.75, 3.05) is 27.2 Å². The van der Waals surface area contributed by atoms with Crippen molar-refractivity contribution in [3.05, 3.63) is 114 Å². The Morgan fingerprint density at radius 2 is 1.06 bits per heavy atom. The van der Waals surface area contributed by atoms with Crippen molar-refractivity contribution in [2.45, 2.75) is 19.3 Å². The van der Waals surface area contributed by atoms with E-state index < -0.39 is 8.07 Å². The number of likely N-dealkylation sites (N-methyl/N-ethyl adjacent to an activating group) is 2. The molecule has 1 saturated heterocycles. The monoisotopic (exact) mass is 448 g/mol. The van der Waals surface area contributed by atoms with Gasteiger partial charge in [0.2, 0.25) is 0 Å². The minimum Gasteiger partial charge on any atom is -0.326 e. The molecule has 3 aromatic carbocycles. The van der Waals surface area contributed by atoms with Crippen LogP contribution in [0.5, 0.6) is 0 Å². The zero-order chi connectivity index (χ0) is 22.7. The van der Waals surface area contributed by atoms with E-state index >= 15 is 0 Å². The zero-order valence-corrected chi connectivity index (χ0v) is 20.8. The van der Waals surface area contributed by atoms with E-state index in [9.17, 15) is 0 Å². The molecule has 3 aromatic rings. The minimum atomic E-state index is -2.35. The van der Waals surface area contributed by atoms with E-state index in [4.69, 9.17) is 0 Å². The first-order valence-corrected chi connectivity index (χ1v) is 14.3. The summed E-state index contributed by atoms with van der Waals surface area (Å²) in [7, 11) is 2.15. The van der Waals surface area contributed by atoms with E-state index in [1.165, 1.54) is 34.8 Å². The third kappa shape index (κ3) is 4.31. The number of allylic oxidation sites excluding steroid dienone is 2. The van der Waals surface area contributed by atoms with Crippen molar-refractivity contribution in [2.24, 2.45) is 0 Å². The van der Waals surface area contributed by atoms with Crippen LogP contribution in [0, 0.1) is 0 Å². The van der Waals surface area contributed by atoms with Crippen LogP contribution in [0.15, 0.2) is 114 Å². The van der Waals surface area contributed by atoms with Gasteiger partial charge in [-0.3, -0.25) is 0 Å². The third-order valence-electron chi connectivity index (χ3n) is 7.44. The highest BCUT2D eigenvalue weighted by molar-refractivity contribution is 7.14. The molecule has 0 radical (unpaired) electrons. The second-order valence-corrected chi connectivity index (χ2v) is 13.1. The van der Waals surface area contributed by atoms with Crippen LogP contribution in [0.3, 0.4) is 0 Å². The van der Waals surface area contributed by atoms with Gasteiger partial charge in [-0.15, -0.1) is 0 Å².